The number of hydrogen-bond donors (Lipinski definition) is 0. The van der Waals surface area contributed by atoms with E-state index in [1.54, 1.807) is 49.4 Å². The number of aryl methyl sites for hydroxylation is 1. The van der Waals surface area contributed by atoms with Crippen molar-refractivity contribution in [2.45, 2.75) is 17.1 Å². The van der Waals surface area contributed by atoms with E-state index in [4.69, 9.17) is 13.9 Å². The first-order chi connectivity index (χ1) is 13.4. The number of ether oxygens (including phenoxy) is 2. The van der Waals surface area contributed by atoms with E-state index in [0.717, 1.165) is 0 Å². The molecule has 0 aliphatic carbocycles. The zero-order chi connectivity index (χ0) is 20.3. The molecule has 0 aliphatic rings. The summed E-state index contributed by atoms with van der Waals surface area (Å²) in [6, 6.07) is 16.3. The lowest BCUT2D eigenvalue weighted by molar-refractivity contribution is 0.0599. The van der Waals surface area contributed by atoms with Crippen molar-refractivity contribution < 1.29 is 27.1 Å². The summed E-state index contributed by atoms with van der Waals surface area (Å²) in [4.78, 5) is 12.1. The lowest BCUT2D eigenvalue weighted by Crippen LogP contribution is -2.15. The molecule has 28 heavy (non-hydrogen) atoms. The summed E-state index contributed by atoms with van der Waals surface area (Å²) in [5.41, 5.74) is 0.729. The lowest BCUT2D eigenvalue weighted by Gasteiger charge is -2.16. The standard InChI is InChI=1S/C21H20O6S/c1-14-18(21(22)26-3)13-19(27-14)20(15-7-5-4-6-8-15)28(23,24)17-11-9-16(25-2)10-12-17/h4-13,20H,1-3H3. The van der Waals surface area contributed by atoms with E-state index in [0.29, 0.717) is 17.1 Å². The zero-order valence-electron chi connectivity index (χ0n) is 15.7. The van der Waals surface area contributed by atoms with Gasteiger partial charge in [0, 0.05) is 0 Å². The van der Waals surface area contributed by atoms with Crippen LogP contribution in [0.25, 0.3) is 0 Å². The normalized spacial score (nSPS) is 12.4. The number of rotatable bonds is 6. The number of benzene rings is 2. The highest BCUT2D eigenvalue weighted by molar-refractivity contribution is 7.91. The van der Waals surface area contributed by atoms with Gasteiger partial charge in [-0.15, -0.1) is 0 Å². The van der Waals surface area contributed by atoms with Crippen molar-refractivity contribution in [1.82, 2.24) is 0 Å². The smallest absolute Gasteiger partial charge is 0.341 e. The van der Waals surface area contributed by atoms with Gasteiger partial charge in [0.1, 0.15) is 28.1 Å². The molecule has 3 aromatic rings. The molecule has 1 heterocycles. The van der Waals surface area contributed by atoms with Crippen LogP contribution in [0.5, 0.6) is 5.75 Å². The minimum Gasteiger partial charge on any atom is -0.497 e. The maximum Gasteiger partial charge on any atom is 0.341 e. The second-order valence-electron chi connectivity index (χ2n) is 6.12. The Morgan fingerprint density at radius 3 is 2.21 bits per heavy atom. The molecule has 0 N–H and O–H groups in total. The Labute approximate surface area is 163 Å². The first-order valence-corrected chi connectivity index (χ1v) is 10.0. The Kier molecular flexibility index (Phi) is 5.56. The number of carbonyl (C=O) groups excluding carboxylic acids is 1. The SMILES string of the molecule is COC(=O)c1cc(C(c2ccccc2)S(=O)(=O)c2ccc(OC)cc2)oc1C. The van der Waals surface area contributed by atoms with Gasteiger partial charge in [-0.2, -0.15) is 0 Å². The molecule has 6 nitrogen and oxygen atoms in total. The van der Waals surface area contributed by atoms with E-state index >= 15 is 0 Å². The molecule has 3 rings (SSSR count). The molecule has 1 unspecified atom stereocenters. The van der Waals surface area contributed by atoms with E-state index < -0.39 is 21.1 Å². The average Bonchev–Trinajstić information content (AvgIpc) is 3.09. The van der Waals surface area contributed by atoms with Crippen LogP contribution in [0.2, 0.25) is 0 Å². The highest BCUT2D eigenvalue weighted by atomic mass is 32.2. The topological polar surface area (TPSA) is 82.8 Å². The largest absolute Gasteiger partial charge is 0.497 e. The van der Waals surface area contributed by atoms with E-state index in [9.17, 15) is 13.2 Å². The minimum atomic E-state index is -3.87. The van der Waals surface area contributed by atoms with Gasteiger partial charge in [0.05, 0.1) is 19.1 Å². The van der Waals surface area contributed by atoms with Crippen molar-refractivity contribution in [1.29, 1.82) is 0 Å². The van der Waals surface area contributed by atoms with Crippen LogP contribution >= 0.6 is 0 Å². The van der Waals surface area contributed by atoms with Crippen LogP contribution in [-0.4, -0.2) is 28.6 Å². The van der Waals surface area contributed by atoms with Crippen molar-refractivity contribution in [3.63, 3.8) is 0 Å². The van der Waals surface area contributed by atoms with Gasteiger partial charge in [0.25, 0.3) is 0 Å². The Morgan fingerprint density at radius 1 is 1.00 bits per heavy atom. The Balaban J connectivity index is 2.16. The van der Waals surface area contributed by atoms with Crippen LogP contribution in [0.3, 0.4) is 0 Å². The third-order valence-corrected chi connectivity index (χ3v) is 6.46. The molecule has 7 heteroatoms. The molecule has 0 fully saturated rings. The van der Waals surface area contributed by atoms with Crippen LogP contribution in [0.4, 0.5) is 0 Å². The van der Waals surface area contributed by atoms with Crippen molar-refractivity contribution in [2.24, 2.45) is 0 Å². The summed E-state index contributed by atoms with van der Waals surface area (Å²) in [5, 5.41) is -1.11. The lowest BCUT2D eigenvalue weighted by atomic mass is 10.1. The third-order valence-electron chi connectivity index (χ3n) is 4.40. The first kappa shape index (κ1) is 19.7. The van der Waals surface area contributed by atoms with Crippen LogP contribution in [-0.2, 0) is 14.6 Å². The third kappa shape index (κ3) is 3.66. The van der Waals surface area contributed by atoms with Gasteiger partial charge in [-0.25, -0.2) is 13.2 Å². The van der Waals surface area contributed by atoms with Gasteiger partial charge in [0.2, 0.25) is 0 Å². The van der Waals surface area contributed by atoms with Crippen molar-refractivity contribution >= 4 is 15.8 Å². The van der Waals surface area contributed by atoms with E-state index in [2.05, 4.69) is 0 Å². The van der Waals surface area contributed by atoms with Gasteiger partial charge in [-0.05, 0) is 42.8 Å². The number of sulfone groups is 1. The van der Waals surface area contributed by atoms with Crippen molar-refractivity contribution in [2.75, 3.05) is 14.2 Å². The summed E-state index contributed by atoms with van der Waals surface area (Å²) in [6.07, 6.45) is 0. The molecule has 0 spiro atoms. The average molecular weight is 400 g/mol. The highest BCUT2D eigenvalue weighted by Gasteiger charge is 2.34. The van der Waals surface area contributed by atoms with E-state index in [1.807, 2.05) is 0 Å². The van der Waals surface area contributed by atoms with Crippen molar-refractivity contribution in [3.05, 3.63) is 83.3 Å². The fourth-order valence-corrected chi connectivity index (χ4v) is 4.70. The molecule has 0 radical (unpaired) electrons. The molecule has 0 saturated carbocycles. The summed E-state index contributed by atoms with van der Waals surface area (Å²) in [5.74, 6) is 0.422. The highest BCUT2D eigenvalue weighted by Crippen LogP contribution is 2.37. The summed E-state index contributed by atoms with van der Waals surface area (Å²) in [7, 11) is -1.10. The number of furan rings is 1. The molecule has 2 aromatic carbocycles. The second-order valence-corrected chi connectivity index (χ2v) is 8.15. The van der Waals surface area contributed by atoms with Gasteiger partial charge in [-0.1, -0.05) is 30.3 Å². The molecular weight excluding hydrogens is 380 g/mol. The van der Waals surface area contributed by atoms with Gasteiger partial charge in [0.15, 0.2) is 9.84 Å². The van der Waals surface area contributed by atoms with Gasteiger partial charge >= 0.3 is 5.97 Å². The summed E-state index contributed by atoms with van der Waals surface area (Å²) in [6.45, 7) is 1.60. The molecular formula is C21H20O6S. The summed E-state index contributed by atoms with van der Waals surface area (Å²) < 4.78 is 42.5. The molecule has 0 amide bonds. The predicted octanol–water partition coefficient (Wildman–Crippen LogP) is 3.95. The Morgan fingerprint density at radius 2 is 1.64 bits per heavy atom. The van der Waals surface area contributed by atoms with Crippen LogP contribution in [0.1, 0.15) is 32.7 Å². The molecule has 146 valence electrons. The Hall–Kier alpha value is -3.06. The first-order valence-electron chi connectivity index (χ1n) is 8.50. The molecule has 1 atom stereocenters. The zero-order valence-corrected chi connectivity index (χ0v) is 16.5. The van der Waals surface area contributed by atoms with E-state index in [-0.39, 0.29) is 16.2 Å². The maximum atomic E-state index is 13.5. The predicted molar refractivity (Wildman–Crippen MR) is 103 cm³/mol. The molecule has 0 saturated heterocycles. The fraction of sp³-hybridized carbons (Fsp3) is 0.190. The molecule has 0 bridgehead atoms. The maximum absolute atomic E-state index is 13.5. The number of carbonyl (C=O) groups is 1. The van der Waals surface area contributed by atoms with Crippen LogP contribution in [0.15, 0.2) is 70.0 Å². The summed E-state index contributed by atoms with van der Waals surface area (Å²) >= 11 is 0. The van der Waals surface area contributed by atoms with Gasteiger partial charge in [-0.3, -0.25) is 0 Å². The number of esters is 1. The second kappa shape index (κ2) is 7.90. The number of hydrogen-bond acceptors (Lipinski definition) is 6. The van der Waals surface area contributed by atoms with Crippen LogP contribution < -0.4 is 4.74 Å². The monoisotopic (exact) mass is 400 g/mol. The quantitative estimate of drug-likeness (QED) is 0.583. The number of methoxy groups -OCH3 is 2. The minimum absolute atomic E-state index is 0.121. The Bertz CT molecular complexity index is 1070. The van der Waals surface area contributed by atoms with Gasteiger partial charge < -0.3 is 13.9 Å². The van der Waals surface area contributed by atoms with Crippen LogP contribution in [0, 0.1) is 6.92 Å². The molecule has 0 aliphatic heterocycles. The van der Waals surface area contributed by atoms with Crippen molar-refractivity contribution in [3.8, 4) is 5.75 Å². The molecule has 1 aromatic heterocycles. The van der Waals surface area contributed by atoms with E-state index in [1.165, 1.54) is 32.4 Å². The fourth-order valence-electron chi connectivity index (χ4n) is 2.97.